The number of nitrogens with zero attached hydrogens (tertiary/aromatic N) is 3. The van der Waals surface area contributed by atoms with Gasteiger partial charge in [0.1, 0.15) is 0 Å². The van der Waals surface area contributed by atoms with Crippen LogP contribution in [-0.4, -0.2) is 21.1 Å². The Morgan fingerprint density at radius 1 is 1.50 bits per heavy atom. The van der Waals surface area contributed by atoms with E-state index in [-0.39, 0.29) is 11.5 Å². The van der Waals surface area contributed by atoms with E-state index >= 15 is 0 Å². The first-order valence-corrected chi connectivity index (χ1v) is 4.30. The van der Waals surface area contributed by atoms with Crippen LogP contribution in [0.4, 0.5) is 0 Å². The SMILES string of the molecule is O=[N+]([O-])CCc1cnn2ccccc12. The van der Waals surface area contributed by atoms with Crippen molar-refractivity contribution in [2.75, 3.05) is 6.54 Å². The maximum absolute atomic E-state index is 10.2. The lowest BCUT2D eigenvalue weighted by Crippen LogP contribution is -2.03. The fourth-order valence-electron chi connectivity index (χ4n) is 1.39. The molecular weight excluding hydrogens is 182 g/mol. The van der Waals surface area contributed by atoms with Crippen LogP contribution in [0.3, 0.4) is 0 Å². The number of hydrogen-bond donors (Lipinski definition) is 0. The minimum atomic E-state index is -0.313. The minimum absolute atomic E-state index is 0.0454. The van der Waals surface area contributed by atoms with Gasteiger partial charge in [0, 0.05) is 23.1 Å². The smallest absolute Gasteiger partial charge is 0.208 e. The van der Waals surface area contributed by atoms with Crippen LogP contribution in [0.5, 0.6) is 0 Å². The zero-order valence-corrected chi connectivity index (χ0v) is 7.46. The maximum atomic E-state index is 10.2. The van der Waals surface area contributed by atoms with E-state index in [1.807, 2.05) is 24.4 Å². The molecule has 0 N–H and O–H groups in total. The second kappa shape index (κ2) is 3.45. The van der Waals surface area contributed by atoms with E-state index < -0.39 is 0 Å². The zero-order chi connectivity index (χ0) is 9.97. The van der Waals surface area contributed by atoms with E-state index in [1.165, 1.54) is 0 Å². The van der Waals surface area contributed by atoms with Crippen molar-refractivity contribution in [2.24, 2.45) is 0 Å². The molecule has 72 valence electrons. The largest absolute Gasteiger partial charge is 0.265 e. The van der Waals surface area contributed by atoms with Crippen molar-refractivity contribution < 1.29 is 4.92 Å². The van der Waals surface area contributed by atoms with E-state index in [1.54, 1.807) is 10.7 Å². The average Bonchev–Trinajstić information content (AvgIpc) is 2.58. The van der Waals surface area contributed by atoms with Crippen LogP contribution in [0.25, 0.3) is 5.52 Å². The van der Waals surface area contributed by atoms with Crippen molar-refractivity contribution in [3.8, 4) is 0 Å². The summed E-state index contributed by atoms with van der Waals surface area (Å²) < 4.78 is 1.72. The monoisotopic (exact) mass is 191 g/mol. The molecule has 0 fully saturated rings. The Hall–Kier alpha value is -1.91. The van der Waals surface area contributed by atoms with Crippen LogP contribution in [0.2, 0.25) is 0 Å². The van der Waals surface area contributed by atoms with Gasteiger partial charge in [-0.3, -0.25) is 10.1 Å². The molecule has 0 aliphatic carbocycles. The van der Waals surface area contributed by atoms with Crippen molar-refractivity contribution in [3.05, 3.63) is 46.3 Å². The number of fused-ring (bicyclic) bond motifs is 1. The molecule has 0 aliphatic heterocycles. The molecule has 2 aromatic heterocycles. The Balaban J connectivity index is 2.29. The molecular formula is C9H9N3O2. The molecule has 0 radical (unpaired) electrons. The summed E-state index contributed by atoms with van der Waals surface area (Å²) in [5, 5.41) is 14.3. The van der Waals surface area contributed by atoms with Gasteiger partial charge < -0.3 is 0 Å². The Bertz CT molecular complexity index is 464. The van der Waals surface area contributed by atoms with Gasteiger partial charge in [-0.05, 0) is 12.1 Å². The number of nitro groups is 1. The summed E-state index contributed by atoms with van der Waals surface area (Å²) in [6.07, 6.45) is 3.93. The molecule has 14 heavy (non-hydrogen) atoms. The molecule has 0 unspecified atom stereocenters. The molecule has 0 saturated carbocycles. The van der Waals surface area contributed by atoms with Crippen LogP contribution in [0, 0.1) is 10.1 Å². The number of hydrogen-bond acceptors (Lipinski definition) is 3. The van der Waals surface area contributed by atoms with Crippen molar-refractivity contribution in [1.82, 2.24) is 9.61 Å². The summed E-state index contributed by atoms with van der Waals surface area (Å²) in [7, 11) is 0. The van der Waals surface area contributed by atoms with Crippen molar-refractivity contribution in [3.63, 3.8) is 0 Å². The quantitative estimate of drug-likeness (QED) is 0.540. The Morgan fingerprint density at radius 2 is 2.36 bits per heavy atom. The Morgan fingerprint density at radius 3 is 3.14 bits per heavy atom. The van der Waals surface area contributed by atoms with Gasteiger partial charge in [0.05, 0.1) is 11.7 Å². The first kappa shape index (κ1) is 8.68. The zero-order valence-electron chi connectivity index (χ0n) is 7.46. The summed E-state index contributed by atoms with van der Waals surface area (Å²) in [5.41, 5.74) is 1.86. The van der Waals surface area contributed by atoms with Gasteiger partial charge in [-0.15, -0.1) is 0 Å². The fraction of sp³-hybridized carbons (Fsp3) is 0.222. The highest BCUT2D eigenvalue weighted by Crippen LogP contribution is 2.10. The van der Waals surface area contributed by atoms with Gasteiger partial charge in [-0.2, -0.15) is 5.10 Å². The molecule has 0 atom stereocenters. The summed E-state index contributed by atoms with van der Waals surface area (Å²) in [4.78, 5) is 9.90. The second-order valence-corrected chi connectivity index (χ2v) is 3.01. The van der Waals surface area contributed by atoms with Crippen LogP contribution in [0.1, 0.15) is 5.56 Å². The molecule has 0 saturated heterocycles. The van der Waals surface area contributed by atoms with Gasteiger partial charge in [-0.25, -0.2) is 4.52 Å². The Labute approximate surface area is 80.1 Å². The predicted molar refractivity (Wildman–Crippen MR) is 50.8 cm³/mol. The van der Waals surface area contributed by atoms with E-state index in [9.17, 15) is 10.1 Å². The molecule has 0 aromatic carbocycles. The topological polar surface area (TPSA) is 60.4 Å². The molecule has 0 bridgehead atoms. The van der Waals surface area contributed by atoms with Crippen LogP contribution >= 0.6 is 0 Å². The van der Waals surface area contributed by atoms with Gasteiger partial charge in [0.15, 0.2) is 0 Å². The maximum Gasteiger partial charge on any atom is 0.208 e. The molecule has 5 nitrogen and oxygen atoms in total. The molecule has 0 amide bonds. The van der Waals surface area contributed by atoms with Gasteiger partial charge in [0.2, 0.25) is 6.54 Å². The normalized spacial score (nSPS) is 10.6. The average molecular weight is 191 g/mol. The number of aromatic nitrogens is 2. The van der Waals surface area contributed by atoms with E-state index in [4.69, 9.17) is 0 Å². The highest BCUT2D eigenvalue weighted by Gasteiger charge is 2.05. The van der Waals surface area contributed by atoms with Crippen molar-refractivity contribution in [2.45, 2.75) is 6.42 Å². The minimum Gasteiger partial charge on any atom is -0.265 e. The molecule has 0 spiro atoms. The second-order valence-electron chi connectivity index (χ2n) is 3.01. The van der Waals surface area contributed by atoms with Crippen molar-refractivity contribution >= 4 is 5.52 Å². The molecule has 2 aromatic rings. The van der Waals surface area contributed by atoms with Crippen molar-refractivity contribution in [1.29, 1.82) is 0 Å². The van der Waals surface area contributed by atoms with E-state index in [0.29, 0.717) is 6.42 Å². The van der Waals surface area contributed by atoms with Gasteiger partial charge in [-0.1, -0.05) is 6.07 Å². The lowest BCUT2D eigenvalue weighted by molar-refractivity contribution is -0.479. The third-order valence-electron chi connectivity index (χ3n) is 2.07. The van der Waals surface area contributed by atoms with E-state index in [2.05, 4.69) is 5.10 Å². The summed E-state index contributed by atoms with van der Waals surface area (Å²) in [6, 6.07) is 5.67. The van der Waals surface area contributed by atoms with Crippen LogP contribution in [0.15, 0.2) is 30.6 Å². The predicted octanol–water partition coefficient (Wildman–Crippen LogP) is 1.15. The molecule has 2 rings (SSSR count). The molecule has 0 aliphatic rings. The first-order chi connectivity index (χ1) is 6.77. The van der Waals surface area contributed by atoms with E-state index in [0.717, 1.165) is 11.1 Å². The Kier molecular flexibility index (Phi) is 2.14. The summed E-state index contributed by atoms with van der Waals surface area (Å²) in [6.45, 7) is -0.0454. The number of pyridine rings is 1. The molecule has 2 heterocycles. The lowest BCUT2D eigenvalue weighted by Gasteiger charge is -1.94. The number of rotatable bonds is 3. The third-order valence-corrected chi connectivity index (χ3v) is 2.07. The highest BCUT2D eigenvalue weighted by molar-refractivity contribution is 5.53. The van der Waals surface area contributed by atoms with Crippen LogP contribution < -0.4 is 0 Å². The highest BCUT2D eigenvalue weighted by atomic mass is 16.6. The molecule has 5 heteroatoms. The summed E-state index contributed by atoms with van der Waals surface area (Å²) >= 11 is 0. The van der Waals surface area contributed by atoms with Gasteiger partial charge >= 0.3 is 0 Å². The third kappa shape index (κ3) is 1.56. The first-order valence-electron chi connectivity index (χ1n) is 4.30. The standard InChI is InChI=1S/C9H9N3O2/c13-12(14)6-4-8-7-10-11-5-2-1-3-9(8)11/h1-3,5,7H,4,6H2. The van der Waals surface area contributed by atoms with Gasteiger partial charge in [0.25, 0.3) is 0 Å². The summed E-state index contributed by atoms with van der Waals surface area (Å²) in [5.74, 6) is 0. The van der Waals surface area contributed by atoms with Crippen LogP contribution in [-0.2, 0) is 6.42 Å². The fourth-order valence-corrected chi connectivity index (χ4v) is 1.39. The lowest BCUT2D eigenvalue weighted by atomic mass is 10.2.